The number of nitrogens with one attached hydrogen (secondary N) is 2. The number of hydrogen-bond donors (Lipinski definition) is 2. The van der Waals surface area contributed by atoms with E-state index in [-0.39, 0.29) is 17.5 Å². The molecule has 1 aromatic carbocycles. The summed E-state index contributed by atoms with van der Waals surface area (Å²) in [6.07, 6.45) is 4.94. The van der Waals surface area contributed by atoms with E-state index in [1.807, 2.05) is 0 Å². The minimum Gasteiger partial charge on any atom is -0.346 e. The number of amides is 2. The second-order valence-corrected chi connectivity index (χ2v) is 10.6. The van der Waals surface area contributed by atoms with Crippen molar-refractivity contribution in [2.75, 3.05) is 6.54 Å². The Labute approximate surface area is 179 Å². The third-order valence-electron chi connectivity index (χ3n) is 4.97. The van der Waals surface area contributed by atoms with E-state index in [1.54, 1.807) is 17.5 Å². The van der Waals surface area contributed by atoms with E-state index in [0.717, 1.165) is 32.1 Å². The van der Waals surface area contributed by atoms with Gasteiger partial charge < -0.3 is 10.6 Å². The first kappa shape index (κ1) is 21.8. The van der Waals surface area contributed by atoms with Crippen molar-refractivity contribution in [1.82, 2.24) is 10.6 Å². The molecule has 3 rings (SSSR count). The van der Waals surface area contributed by atoms with E-state index in [0.29, 0.717) is 9.90 Å². The average Bonchev–Trinajstić information content (AvgIpc) is 3.23. The van der Waals surface area contributed by atoms with Crippen LogP contribution >= 0.6 is 22.9 Å². The molecule has 0 spiro atoms. The number of rotatable bonds is 6. The Kier molecular flexibility index (Phi) is 7.32. The van der Waals surface area contributed by atoms with Crippen LogP contribution in [0.15, 0.2) is 46.7 Å². The maximum atomic E-state index is 13.2. The zero-order valence-electron chi connectivity index (χ0n) is 15.8. The maximum absolute atomic E-state index is 13.2. The molecular weight excluding hydrogens is 432 g/mol. The van der Waals surface area contributed by atoms with Crippen LogP contribution in [0.5, 0.6) is 0 Å². The molecule has 1 atom stereocenters. The Morgan fingerprint density at radius 1 is 1.07 bits per heavy atom. The number of hydrogen-bond acceptors (Lipinski definition) is 5. The van der Waals surface area contributed by atoms with Gasteiger partial charge in [0.15, 0.2) is 9.84 Å². The third kappa shape index (κ3) is 5.58. The van der Waals surface area contributed by atoms with Gasteiger partial charge in [0.1, 0.15) is 5.25 Å². The fourth-order valence-electron chi connectivity index (χ4n) is 3.39. The zero-order valence-corrected chi connectivity index (χ0v) is 18.2. The van der Waals surface area contributed by atoms with E-state index in [2.05, 4.69) is 10.6 Å². The van der Waals surface area contributed by atoms with Crippen molar-refractivity contribution in [2.24, 2.45) is 0 Å². The number of carbonyl (C=O) groups excluding carboxylic acids is 2. The third-order valence-corrected chi connectivity index (χ3v) is 8.46. The van der Waals surface area contributed by atoms with Crippen LogP contribution in [-0.2, 0) is 19.4 Å². The largest absolute Gasteiger partial charge is 0.346 e. The van der Waals surface area contributed by atoms with E-state index in [1.165, 1.54) is 35.6 Å². The van der Waals surface area contributed by atoms with Gasteiger partial charge in [-0.3, -0.25) is 9.59 Å². The van der Waals surface area contributed by atoms with Crippen molar-refractivity contribution < 1.29 is 18.0 Å². The molecule has 1 unspecified atom stereocenters. The Morgan fingerprint density at radius 3 is 2.38 bits per heavy atom. The second-order valence-electron chi connectivity index (χ2n) is 7.02. The van der Waals surface area contributed by atoms with Gasteiger partial charge in [-0.15, -0.1) is 11.3 Å². The molecule has 1 saturated carbocycles. The van der Waals surface area contributed by atoms with Crippen LogP contribution < -0.4 is 10.6 Å². The molecule has 0 saturated heterocycles. The van der Waals surface area contributed by atoms with Gasteiger partial charge in [0, 0.05) is 22.5 Å². The van der Waals surface area contributed by atoms with E-state index in [9.17, 15) is 18.0 Å². The summed E-state index contributed by atoms with van der Waals surface area (Å²) >= 11 is 7.15. The molecule has 1 fully saturated rings. The minimum absolute atomic E-state index is 0.00731. The van der Waals surface area contributed by atoms with Crippen LogP contribution in [0.4, 0.5) is 0 Å². The Balaban J connectivity index is 1.70. The van der Waals surface area contributed by atoms with E-state index < -0.39 is 26.9 Å². The van der Waals surface area contributed by atoms with Gasteiger partial charge in [-0.2, -0.15) is 0 Å². The van der Waals surface area contributed by atoms with Gasteiger partial charge in [-0.05, 0) is 48.6 Å². The lowest BCUT2D eigenvalue weighted by Gasteiger charge is -2.22. The molecule has 156 valence electrons. The number of benzene rings is 1. The monoisotopic (exact) mass is 454 g/mol. The molecule has 0 bridgehead atoms. The van der Waals surface area contributed by atoms with Crippen molar-refractivity contribution in [1.29, 1.82) is 0 Å². The minimum atomic E-state index is -3.78. The van der Waals surface area contributed by atoms with Gasteiger partial charge in [0.25, 0.3) is 0 Å². The summed E-state index contributed by atoms with van der Waals surface area (Å²) in [5, 5.41) is 6.46. The first-order chi connectivity index (χ1) is 13.9. The SMILES string of the molecule is O=C(NCC(c1cccs1)S(=O)(=O)c1ccc(Cl)cc1)C(=O)NC1CCCCC1. The smallest absolute Gasteiger partial charge is 0.309 e. The summed E-state index contributed by atoms with van der Waals surface area (Å²) in [7, 11) is -3.78. The maximum Gasteiger partial charge on any atom is 0.309 e. The fraction of sp³-hybridized carbons (Fsp3) is 0.400. The topological polar surface area (TPSA) is 92.3 Å². The number of sulfone groups is 1. The van der Waals surface area contributed by atoms with Crippen LogP contribution in [-0.4, -0.2) is 32.8 Å². The molecule has 2 aromatic rings. The van der Waals surface area contributed by atoms with Crippen LogP contribution in [0, 0.1) is 0 Å². The van der Waals surface area contributed by atoms with Crippen LogP contribution in [0.25, 0.3) is 0 Å². The molecule has 0 aliphatic heterocycles. The second kappa shape index (κ2) is 9.73. The first-order valence-electron chi connectivity index (χ1n) is 9.49. The molecular formula is C20H23ClN2O4S2. The lowest BCUT2D eigenvalue weighted by atomic mass is 9.95. The highest BCUT2D eigenvalue weighted by atomic mass is 35.5. The quantitative estimate of drug-likeness (QED) is 0.653. The lowest BCUT2D eigenvalue weighted by molar-refractivity contribution is -0.139. The molecule has 1 aromatic heterocycles. The number of carbonyl (C=O) groups is 2. The van der Waals surface area contributed by atoms with Gasteiger partial charge in [0.05, 0.1) is 4.90 Å². The zero-order chi connectivity index (χ0) is 20.9. The average molecular weight is 455 g/mol. The van der Waals surface area contributed by atoms with Gasteiger partial charge >= 0.3 is 11.8 Å². The molecule has 0 radical (unpaired) electrons. The highest BCUT2D eigenvalue weighted by Crippen LogP contribution is 2.31. The summed E-state index contributed by atoms with van der Waals surface area (Å²) in [5.41, 5.74) is 0. The summed E-state index contributed by atoms with van der Waals surface area (Å²) in [6, 6.07) is 9.37. The van der Waals surface area contributed by atoms with Crippen molar-refractivity contribution in [3.63, 3.8) is 0 Å². The van der Waals surface area contributed by atoms with E-state index >= 15 is 0 Å². The normalized spacial score (nSPS) is 16.2. The van der Waals surface area contributed by atoms with Crippen molar-refractivity contribution in [3.8, 4) is 0 Å². The van der Waals surface area contributed by atoms with Crippen LogP contribution in [0.3, 0.4) is 0 Å². The molecule has 29 heavy (non-hydrogen) atoms. The highest BCUT2D eigenvalue weighted by molar-refractivity contribution is 7.91. The molecule has 1 aliphatic rings. The predicted octanol–water partition coefficient (Wildman–Crippen LogP) is 3.48. The summed E-state index contributed by atoms with van der Waals surface area (Å²) in [6.45, 7) is -0.192. The first-order valence-corrected chi connectivity index (χ1v) is 12.3. The molecule has 1 heterocycles. The van der Waals surface area contributed by atoms with Crippen LogP contribution in [0.1, 0.15) is 42.2 Å². The molecule has 2 amide bonds. The number of thiophene rings is 1. The molecule has 9 heteroatoms. The van der Waals surface area contributed by atoms with Crippen molar-refractivity contribution in [3.05, 3.63) is 51.7 Å². The Morgan fingerprint density at radius 2 is 1.76 bits per heavy atom. The summed E-state index contributed by atoms with van der Waals surface area (Å²) in [5.74, 6) is -1.53. The molecule has 6 nitrogen and oxygen atoms in total. The van der Waals surface area contributed by atoms with Gasteiger partial charge in [-0.25, -0.2) is 8.42 Å². The van der Waals surface area contributed by atoms with E-state index in [4.69, 9.17) is 11.6 Å². The summed E-state index contributed by atoms with van der Waals surface area (Å²) in [4.78, 5) is 25.2. The van der Waals surface area contributed by atoms with Crippen LogP contribution in [0.2, 0.25) is 5.02 Å². The molecule has 1 aliphatic carbocycles. The summed E-state index contributed by atoms with van der Waals surface area (Å²) < 4.78 is 26.3. The predicted molar refractivity (Wildman–Crippen MR) is 114 cm³/mol. The highest BCUT2D eigenvalue weighted by Gasteiger charge is 2.31. The Bertz CT molecular complexity index is 937. The Hall–Kier alpha value is -1.90. The van der Waals surface area contributed by atoms with Crippen molar-refractivity contribution in [2.45, 2.75) is 48.3 Å². The fourth-order valence-corrected chi connectivity index (χ4v) is 6.30. The standard InChI is InChI=1S/C20H23ClN2O4S2/c21-14-8-10-16(11-9-14)29(26,27)18(17-7-4-12-28-17)13-22-19(24)20(25)23-15-5-2-1-3-6-15/h4,7-12,15,18H,1-3,5-6,13H2,(H,22,24)(H,23,25). The lowest BCUT2D eigenvalue weighted by Crippen LogP contribution is -2.46. The van der Waals surface area contributed by atoms with Gasteiger partial charge in [0.2, 0.25) is 0 Å². The molecule has 2 N–H and O–H groups in total. The van der Waals surface area contributed by atoms with Crippen molar-refractivity contribution >= 4 is 44.6 Å². The van der Waals surface area contributed by atoms with Gasteiger partial charge in [-0.1, -0.05) is 36.9 Å². The number of halogens is 1.